The van der Waals surface area contributed by atoms with Crippen LogP contribution in [0.4, 0.5) is 5.69 Å². The van der Waals surface area contributed by atoms with Crippen LogP contribution in [-0.4, -0.2) is 29.6 Å². The summed E-state index contributed by atoms with van der Waals surface area (Å²) in [5.41, 5.74) is 2.52. The largest absolute Gasteiger partial charge is 0.455 e. The number of aromatic nitrogens is 1. The summed E-state index contributed by atoms with van der Waals surface area (Å²) in [5, 5.41) is 4.65. The highest BCUT2D eigenvalue weighted by Gasteiger charge is 2.22. The normalized spacial score (nSPS) is 11.2. The standard InChI is InChI=1S/C25H26N2O4/c1-6-21(28)27-22-18(15-30-5)12-10-16-9-11-17(14-20(16)22)19-8-7-13-26-23(19)24(29)31-25(2,3)4/h6-14H,1,15H2,2-5H3,(H,27,28). The van der Waals surface area contributed by atoms with Gasteiger partial charge in [0.15, 0.2) is 5.69 Å². The first-order valence-corrected chi connectivity index (χ1v) is 9.90. The second kappa shape index (κ2) is 9.10. The number of carbonyl (C=O) groups excluding carboxylic acids is 2. The molecular formula is C25H26N2O4. The predicted molar refractivity (Wildman–Crippen MR) is 122 cm³/mol. The van der Waals surface area contributed by atoms with Gasteiger partial charge >= 0.3 is 5.97 Å². The fourth-order valence-electron chi connectivity index (χ4n) is 3.26. The summed E-state index contributed by atoms with van der Waals surface area (Å²) in [6.45, 7) is 9.32. The molecule has 160 valence electrons. The topological polar surface area (TPSA) is 77.5 Å². The Bertz CT molecular complexity index is 1150. The third-order valence-electron chi connectivity index (χ3n) is 4.55. The summed E-state index contributed by atoms with van der Waals surface area (Å²) >= 11 is 0. The number of nitrogens with zero attached hydrogens (tertiary/aromatic N) is 1. The Labute approximate surface area is 181 Å². The van der Waals surface area contributed by atoms with Crippen molar-refractivity contribution in [3.63, 3.8) is 0 Å². The molecule has 6 heteroatoms. The second-order valence-electron chi connectivity index (χ2n) is 8.06. The van der Waals surface area contributed by atoms with Crippen LogP contribution in [0.3, 0.4) is 0 Å². The SMILES string of the molecule is C=CC(=O)Nc1c(COC)ccc2ccc(-c3cccnc3C(=O)OC(C)(C)C)cc12. The lowest BCUT2D eigenvalue weighted by Gasteiger charge is -2.20. The molecule has 0 aliphatic carbocycles. The van der Waals surface area contributed by atoms with Crippen LogP contribution in [0.2, 0.25) is 0 Å². The minimum Gasteiger partial charge on any atom is -0.455 e. The van der Waals surface area contributed by atoms with E-state index >= 15 is 0 Å². The van der Waals surface area contributed by atoms with Crippen molar-refractivity contribution in [2.24, 2.45) is 0 Å². The maximum Gasteiger partial charge on any atom is 0.358 e. The first-order valence-electron chi connectivity index (χ1n) is 9.90. The van der Waals surface area contributed by atoms with E-state index in [9.17, 15) is 9.59 Å². The summed E-state index contributed by atoms with van der Waals surface area (Å²) in [7, 11) is 1.60. The van der Waals surface area contributed by atoms with Gasteiger partial charge in [-0.25, -0.2) is 9.78 Å². The number of hydrogen-bond donors (Lipinski definition) is 1. The molecule has 0 bridgehead atoms. The van der Waals surface area contributed by atoms with Crippen LogP contribution >= 0.6 is 0 Å². The van der Waals surface area contributed by atoms with Crippen LogP contribution in [0.5, 0.6) is 0 Å². The van der Waals surface area contributed by atoms with Gasteiger partial charge in [0, 0.05) is 29.8 Å². The van der Waals surface area contributed by atoms with E-state index < -0.39 is 11.6 Å². The number of ether oxygens (including phenoxy) is 2. The van der Waals surface area contributed by atoms with E-state index in [1.54, 1.807) is 19.4 Å². The van der Waals surface area contributed by atoms with Gasteiger partial charge in [-0.1, -0.05) is 36.9 Å². The molecule has 6 nitrogen and oxygen atoms in total. The van der Waals surface area contributed by atoms with Gasteiger partial charge in [-0.2, -0.15) is 0 Å². The molecule has 0 unspecified atom stereocenters. The zero-order valence-electron chi connectivity index (χ0n) is 18.2. The van der Waals surface area contributed by atoms with Crippen molar-refractivity contribution in [2.45, 2.75) is 33.0 Å². The summed E-state index contributed by atoms with van der Waals surface area (Å²) in [6, 6.07) is 13.3. The molecule has 1 N–H and O–H groups in total. The number of hydrogen-bond acceptors (Lipinski definition) is 5. The maximum absolute atomic E-state index is 12.7. The molecule has 3 aromatic rings. The van der Waals surface area contributed by atoms with Gasteiger partial charge in [0.1, 0.15) is 5.60 Å². The molecule has 0 atom stereocenters. The number of methoxy groups -OCH3 is 1. The molecular weight excluding hydrogens is 392 g/mol. The molecule has 0 aliphatic rings. The van der Waals surface area contributed by atoms with Gasteiger partial charge in [0.2, 0.25) is 5.91 Å². The maximum atomic E-state index is 12.7. The average molecular weight is 418 g/mol. The summed E-state index contributed by atoms with van der Waals surface area (Å²) in [4.78, 5) is 29.1. The number of fused-ring (bicyclic) bond motifs is 1. The zero-order valence-corrected chi connectivity index (χ0v) is 18.2. The van der Waals surface area contributed by atoms with E-state index in [-0.39, 0.29) is 11.6 Å². The van der Waals surface area contributed by atoms with Gasteiger partial charge < -0.3 is 14.8 Å². The number of pyridine rings is 1. The fourth-order valence-corrected chi connectivity index (χ4v) is 3.26. The van der Waals surface area contributed by atoms with Crippen LogP contribution in [0.1, 0.15) is 36.8 Å². The number of anilines is 1. The Kier molecular flexibility index (Phi) is 6.51. The van der Waals surface area contributed by atoms with Gasteiger partial charge in [0.05, 0.1) is 12.3 Å². The molecule has 1 aromatic heterocycles. The van der Waals surface area contributed by atoms with Gasteiger partial charge in [0.25, 0.3) is 0 Å². The van der Waals surface area contributed by atoms with Crippen LogP contribution < -0.4 is 5.32 Å². The molecule has 1 heterocycles. The lowest BCUT2D eigenvalue weighted by atomic mass is 9.97. The van der Waals surface area contributed by atoms with E-state index in [2.05, 4.69) is 16.9 Å². The zero-order chi connectivity index (χ0) is 22.6. The minimum atomic E-state index is -0.632. The quantitative estimate of drug-likeness (QED) is 0.444. The Morgan fingerprint density at radius 2 is 1.90 bits per heavy atom. The molecule has 2 aromatic carbocycles. The second-order valence-corrected chi connectivity index (χ2v) is 8.06. The van der Waals surface area contributed by atoms with E-state index in [4.69, 9.17) is 9.47 Å². The number of benzene rings is 2. The Morgan fingerprint density at radius 1 is 1.16 bits per heavy atom. The van der Waals surface area contributed by atoms with Crippen LogP contribution in [0.25, 0.3) is 21.9 Å². The predicted octanol–water partition coefficient (Wildman–Crippen LogP) is 5.13. The van der Waals surface area contributed by atoms with Crippen molar-refractivity contribution in [1.82, 2.24) is 4.98 Å². The molecule has 0 fully saturated rings. The fraction of sp³-hybridized carbons (Fsp3) is 0.240. The van der Waals surface area contributed by atoms with Crippen LogP contribution in [0.15, 0.2) is 61.3 Å². The molecule has 0 saturated heterocycles. The summed E-state index contributed by atoms with van der Waals surface area (Å²) < 4.78 is 10.8. The molecule has 3 rings (SSSR count). The van der Waals surface area contributed by atoms with Crippen LogP contribution in [0, 0.1) is 0 Å². The Morgan fingerprint density at radius 3 is 2.58 bits per heavy atom. The Balaban J connectivity index is 2.17. The Hall–Kier alpha value is -3.51. The van der Waals surface area contributed by atoms with Gasteiger partial charge in [-0.3, -0.25) is 4.79 Å². The first kappa shape index (κ1) is 22.2. The third-order valence-corrected chi connectivity index (χ3v) is 4.55. The first-order chi connectivity index (χ1) is 14.7. The lowest BCUT2D eigenvalue weighted by molar-refractivity contribution is -0.111. The monoisotopic (exact) mass is 418 g/mol. The lowest BCUT2D eigenvalue weighted by Crippen LogP contribution is -2.24. The van der Waals surface area contributed by atoms with E-state index in [0.29, 0.717) is 17.9 Å². The highest BCUT2D eigenvalue weighted by Crippen LogP contribution is 2.33. The van der Waals surface area contributed by atoms with Gasteiger partial charge in [-0.05, 0) is 49.9 Å². The molecule has 0 radical (unpaired) electrons. The number of esters is 1. The van der Waals surface area contributed by atoms with E-state index in [1.165, 1.54) is 6.08 Å². The van der Waals surface area contributed by atoms with Gasteiger partial charge in [-0.15, -0.1) is 0 Å². The molecule has 31 heavy (non-hydrogen) atoms. The third kappa shape index (κ3) is 5.16. The van der Waals surface area contributed by atoms with E-state index in [0.717, 1.165) is 21.9 Å². The molecule has 0 spiro atoms. The van der Waals surface area contributed by atoms with Crippen molar-refractivity contribution in [3.05, 3.63) is 72.6 Å². The summed E-state index contributed by atoms with van der Waals surface area (Å²) in [5.74, 6) is -0.803. The molecule has 0 saturated carbocycles. The van der Waals surface area contributed by atoms with Crippen molar-refractivity contribution in [2.75, 3.05) is 12.4 Å². The highest BCUT2D eigenvalue weighted by atomic mass is 16.6. The van der Waals surface area contributed by atoms with Crippen LogP contribution in [-0.2, 0) is 20.9 Å². The number of nitrogens with one attached hydrogen (secondary N) is 1. The van der Waals surface area contributed by atoms with E-state index in [1.807, 2.05) is 57.2 Å². The number of carbonyl (C=O) groups is 2. The molecule has 1 amide bonds. The highest BCUT2D eigenvalue weighted by molar-refractivity contribution is 6.08. The van der Waals surface area contributed by atoms with Crippen molar-refractivity contribution in [3.8, 4) is 11.1 Å². The number of rotatable bonds is 6. The van der Waals surface area contributed by atoms with Crippen molar-refractivity contribution in [1.29, 1.82) is 0 Å². The van der Waals surface area contributed by atoms with Crippen molar-refractivity contribution < 1.29 is 19.1 Å². The smallest absolute Gasteiger partial charge is 0.358 e. The number of amides is 1. The summed E-state index contributed by atoms with van der Waals surface area (Å²) in [6.07, 6.45) is 2.79. The van der Waals surface area contributed by atoms with Crippen molar-refractivity contribution >= 4 is 28.3 Å². The minimum absolute atomic E-state index is 0.237. The molecule has 0 aliphatic heterocycles. The average Bonchev–Trinajstić information content (AvgIpc) is 2.73.